The smallest absolute Gasteiger partial charge is 0.244 e. The van der Waals surface area contributed by atoms with Crippen molar-refractivity contribution in [1.29, 1.82) is 0 Å². The molecule has 1 aliphatic heterocycles. The lowest BCUT2D eigenvalue weighted by Crippen LogP contribution is -2.37. The van der Waals surface area contributed by atoms with Gasteiger partial charge in [-0.15, -0.1) is 0 Å². The van der Waals surface area contributed by atoms with Crippen LogP contribution in [0.4, 0.5) is 5.82 Å². The molecule has 0 saturated carbocycles. The molecular formula is C13H21BrN4O2S. The Labute approximate surface area is 134 Å². The van der Waals surface area contributed by atoms with Crippen LogP contribution in [-0.4, -0.2) is 51.5 Å². The molecule has 8 heteroatoms. The summed E-state index contributed by atoms with van der Waals surface area (Å²) in [5, 5.41) is 2.81. The first-order chi connectivity index (χ1) is 10.0. The molecule has 1 saturated heterocycles. The Balaban J connectivity index is 1.99. The van der Waals surface area contributed by atoms with E-state index in [1.807, 2.05) is 0 Å². The maximum absolute atomic E-state index is 12.4. The third-order valence-corrected chi connectivity index (χ3v) is 5.42. The van der Waals surface area contributed by atoms with Gasteiger partial charge in [0.1, 0.15) is 10.7 Å². The fourth-order valence-corrected chi connectivity index (χ4v) is 4.10. The van der Waals surface area contributed by atoms with Crippen LogP contribution in [-0.2, 0) is 10.0 Å². The molecule has 0 aliphatic carbocycles. The second kappa shape index (κ2) is 7.53. The van der Waals surface area contributed by atoms with E-state index in [1.54, 1.807) is 19.3 Å². The van der Waals surface area contributed by atoms with Crippen LogP contribution in [0.25, 0.3) is 0 Å². The number of piperidine rings is 1. The van der Waals surface area contributed by atoms with Crippen LogP contribution in [0.3, 0.4) is 0 Å². The summed E-state index contributed by atoms with van der Waals surface area (Å²) in [6.07, 6.45) is 5.24. The first-order valence-corrected chi connectivity index (χ1v) is 9.36. The van der Waals surface area contributed by atoms with Gasteiger partial charge in [-0.2, -0.15) is 0 Å². The van der Waals surface area contributed by atoms with Crippen molar-refractivity contribution < 1.29 is 8.42 Å². The molecule has 2 N–H and O–H groups in total. The Morgan fingerprint density at radius 2 is 2.05 bits per heavy atom. The third-order valence-electron chi connectivity index (χ3n) is 3.51. The van der Waals surface area contributed by atoms with Gasteiger partial charge in [-0.25, -0.2) is 18.1 Å². The van der Waals surface area contributed by atoms with E-state index in [0.29, 0.717) is 16.8 Å². The van der Waals surface area contributed by atoms with Crippen LogP contribution in [0.15, 0.2) is 21.6 Å². The number of hydrogen-bond donors (Lipinski definition) is 2. The number of pyridine rings is 1. The molecule has 1 fully saturated rings. The predicted molar refractivity (Wildman–Crippen MR) is 87.0 cm³/mol. The van der Waals surface area contributed by atoms with Crippen molar-refractivity contribution in [3.05, 3.63) is 16.7 Å². The van der Waals surface area contributed by atoms with Gasteiger partial charge in [-0.3, -0.25) is 0 Å². The number of likely N-dealkylation sites (tertiary alicyclic amines) is 1. The Morgan fingerprint density at radius 1 is 1.33 bits per heavy atom. The number of nitrogens with one attached hydrogen (secondary N) is 2. The van der Waals surface area contributed by atoms with E-state index in [0.717, 1.165) is 19.6 Å². The van der Waals surface area contributed by atoms with Crippen molar-refractivity contribution in [3.63, 3.8) is 0 Å². The van der Waals surface area contributed by atoms with E-state index in [9.17, 15) is 8.42 Å². The fourth-order valence-electron chi connectivity index (χ4n) is 2.41. The lowest BCUT2D eigenvalue weighted by molar-refractivity contribution is 0.233. The Kier molecular flexibility index (Phi) is 5.98. The number of sulfonamides is 1. The first-order valence-electron chi connectivity index (χ1n) is 7.08. The second-order valence-electron chi connectivity index (χ2n) is 5.05. The number of hydrogen-bond acceptors (Lipinski definition) is 5. The van der Waals surface area contributed by atoms with Gasteiger partial charge in [-0.05, 0) is 47.9 Å². The van der Waals surface area contributed by atoms with E-state index < -0.39 is 10.0 Å². The summed E-state index contributed by atoms with van der Waals surface area (Å²) in [4.78, 5) is 6.53. The summed E-state index contributed by atoms with van der Waals surface area (Å²) >= 11 is 3.26. The SMILES string of the molecule is CNc1ncc(Br)cc1S(=O)(=O)NCCN1CCCCC1. The van der Waals surface area contributed by atoms with E-state index in [2.05, 4.69) is 35.9 Å². The number of halogens is 1. The average Bonchev–Trinajstić information content (AvgIpc) is 2.48. The number of nitrogens with zero attached hydrogens (tertiary/aromatic N) is 2. The highest BCUT2D eigenvalue weighted by molar-refractivity contribution is 9.10. The molecule has 0 amide bonds. The van der Waals surface area contributed by atoms with Gasteiger partial charge in [0.05, 0.1) is 0 Å². The zero-order valence-corrected chi connectivity index (χ0v) is 14.5. The van der Waals surface area contributed by atoms with Gasteiger partial charge in [0.2, 0.25) is 10.0 Å². The Morgan fingerprint density at radius 3 is 2.71 bits per heavy atom. The molecule has 0 spiro atoms. The van der Waals surface area contributed by atoms with Crippen LogP contribution in [0, 0.1) is 0 Å². The van der Waals surface area contributed by atoms with Crippen molar-refractivity contribution in [2.45, 2.75) is 24.2 Å². The minimum absolute atomic E-state index is 0.165. The molecular weight excluding hydrogens is 356 g/mol. The van der Waals surface area contributed by atoms with Gasteiger partial charge < -0.3 is 10.2 Å². The molecule has 1 aromatic rings. The van der Waals surface area contributed by atoms with Crippen LogP contribution in [0.1, 0.15) is 19.3 Å². The van der Waals surface area contributed by atoms with Gasteiger partial charge in [-0.1, -0.05) is 6.42 Å². The van der Waals surface area contributed by atoms with Gasteiger partial charge in [0.15, 0.2) is 0 Å². The summed E-state index contributed by atoms with van der Waals surface area (Å²) in [5.41, 5.74) is 0. The molecule has 2 rings (SSSR count). The zero-order valence-electron chi connectivity index (χ0n) is 12.1. The van der Waals surface area contributed by atoms with E-state index >= 15 is 0 Å². The Hall–Kier alpha value is -0.700. The van der Waals surface area contributed by atoms with Crippen molar-refractivity contribution in [2.24, 2.45) is 0 Å². The summed E-state index contributed by atoms with van der Waals surface area (Å²) in [5.74, 6) is 0.351. The maximum Gasteiger partial charge on any atom is 0.244 e. The highest BCUT2D eigenvalue weighted by Gasteiger charge is 2.20. The van der Waals surface area contributed by atoms with E-state index in [1.165, 1.54) is 19.3 Å². The lowest BCUT2D eigenvalue weighted by atomic mass is 10.1. The fraction of sp³-hybridized carbons (Fsp3) is 0.615. The number of rotatable bonds is 6. The topological polar surface area (TPSA) is 74.3 Å². The molecule has 0 atom stereocenters. The number of anilines is 1. The van der Waals surface area contributed by atoms with E-state index in [-0.39, 0.29) is 4.90 Å². The van der Waals surface area contributed by atoms with Crippen LogP contribution in [0.5, 0.6) is 0 Å². The summed E-state index contributed by atoms with van der Waals surface area (Å²) in [6, 6.07) is 1.56. The molecule has 1 aromatic heterocycles. The molecule has 2 heterocycles. The van der Waals surface area contributed by atoms with Gasteiger partial charge in [0, 0.05) is 30.8 Å². The zero-order chi connectivity index (χ0) is 15.3. The molecule has 1 aliphatic rings. The van der Waals surface area contributed by atoms with Crippen LogP contribution in [0.2, 0.25) is 0 Å². The quantitative estimate of drug-likeness (QED) is 0.789. The van der Waals surface area contributed by atoms with Gasteiger partial charge in [0.25, 0.3) is 0 Å². The number of aromatic nitrogens is 1. The normalized spacial score (nSPS) is 16.9. The molecule has 0 unspecified atom stereocenters. The summed E-state index contributed by atoms with van der Waals surface area (Å²) in [7, 11) is -1.90. The van der Waals surface area contributed by atoms with Crippen molar-refractivity contribution >= 4 is 31.8 Å². The lowest BCUT2D eigenvalue weighted by Gasteiger charge is -2.26. The third kappa shape index (κ3) is 4.64. The summed E-state index contributed by atoms with van der Waals surface area (Å²) < 4.78 is 28.0. The van der Waals surface area contributed by atoms with E-state index in [4.69, 9.17) is 0 Å². The molecule has 0 radical (unpaired) electrons. The minimum atomic E-state index is -3.56. The van der Waals surface area contributed by atoms with Crippen molar-refractivity contribution in [1.82, 2.24) is 14.6 Å². The average molecular weight is 377 g/mol. The minimum Gasteiger partial charge on any atom is -0.372 e. The van der Waals surface area contributed by atoms with Crippen LogP contribution < -0.4 is 10.0 Å². The molecule has 118 valence electrons. The highest BCUT2D eigenvalue weighted by atomic mass is 79.9. The monoisotopic (exact) mass is 376 g/mol. The standard InChI is InChI=1S/C13H21BrN4O2S/c1-15-13-12(9-11(14)10-16-13)21(19,20)17-5-8-18-6-3-2-4-7-18/h9-10,17H,2-8H2,1H3,(H,15,16). The molecule has 0 aromatic carbocycles. The maximum atomic E-state index is 12.4. The molecule has 21 heavy (non-hydrogen) atoms. The van der Waals surface area contributed by atoms with Gasteiger partial charge >= 0.3 is 0 Å². The van der Waals surface area contributed by atoms with Crippen LogP contribution >= 0.6 is 15.9 Å². The molecule has 0 bridgehead atoms. The van der Waals surface area contributed by atoms with Crippen molar-refractivity contribution in [3.8, 4) is 0 Å². The molecule has 6 nitrogen and oxygen atoms in total. The summed E-state index contributed by atoms with van der Waals surface area (Å²) in [6.45, 7) is 3.28. The predicted octanol–water partition coefficient (Wildman–Crippen LogP) is 1.65. The highest BCUT2D eigenvalue weighted by Crippen LogP contribution is 2.22. The second-order valence-corrected chi connectivity index (χ2v) is 7.70. The Bertz CT molecular complexity index is 574. The van der Waals surface area contributed by atoms with Crippen molar-refractivity contribution in [2.75, 3.05) is 38.5 Å². The first kappa shape index (κ1) is 16.7. The largest absolute Gasteiger partial charge is 0.372 e.